The van der Waals surface area contributed by atoms with Gasteiger partial charge in [-0.15, -0.1) is 0 Å². The Labute approximate surface area is 334 Å². The van der Waals surface area contributed by atoms with Gasteiger partial charge in [-0.1, -0.05) is 194 Å². The fourth-order valence-electron chi connectivity index (χ4n) is 8.02. The molecule has 0 saturated carbocycles. The third kappa shape index (κ3) is 6.88. The summed E-state index contributed by atoms with van der Waals surface area (Å²) in [5.41, 5.74) is 15.2. The van der Waals surface area contributed by atoms with Crippen LogP contribution in [0.4, 0.5) is 17.1 Å². The number of nitrogens with zero attached hydrogens (tertiary/aromatic N) is 1. The van der Waals surface area contributed by atoms with E-state index in [2.05, 4.69) is 241 Å². The lowest BCUT2D eigenvalue weighted by atomic mass is 9.94. The lowest BCUT2D eigenvalue weighted by molar-refractivity contribution is 1.28. The molecule has 10 aromatic rings. The van der Waals surface area contributed by atoms with E-state index in [1.54, 1.807) is 0 Å². The molecule has 0 heterocycles. The second-order valence-electron chi connectivity index (χ2n) is 14.6. The van der Waals surface area contributed by atoms with Crippen LogP contribution in [0.5, 0.6) is 0 Å². The minimum Gasteiger partial charge on any atom is -0.310 e. The summed E-state index contributed by atoms with van der Waals surface area (Å²) >= 11 is 0. The number of hydrogen-bond donors (Lipinski definition) is 0. The van der Waals surface area contributed by atoms with Gasteiger partial charge in [0.15, 0.2) is 0 Å². The maximum atomic E-state index is 2.42. The summed E-state index contributed by atoms with van der Waals surface area (Å²) in [7, 11) is 0. The van der Waals surface area contributed by atoms with Gasteiger partial charge in [0.25, 0.3) is 0 Å². The largest absolute Gasteiger partial charge is 0.310 e. The van der Waals surface area contributed by atoms with Crippen molar-refractivity contribution < 1.29 is 0 Å². The summed E-state index contributed by atoms with van der Waals surface area (Å²) in [5, 5.41) is 4.93. The molecular weight excluding hydrogens is 687 g/mol. The lowest BCUT2D eigenvalue weighted by Gasteiger charge is -2.29. The van der Waals surface area contributed by atoms with Crippen molar-refractivity contribution >= 4 is 38.6 Å². The van der Waals surface area contributed by atoms with E-state index < -0.39 is 0 Å². The van der Waals surface area contributed by atoms with Crippen LogP contribution >= 0.6 is 0 Å². The predicted molar refractivity (Wildman–Crippen MR) is 243 cm³/mol. The zero-order chi connectivity index (χ0) is 38.0. The Morgan fingerprint density at radius 1 is 0.211 bits per heavy atom. The van der Waals surface area contributed by atoms with Crippen LogP contribution in [0.25, 0.3) is 77.2 Å². The zero-order valence-corrected chi connectivity index (χ0v) is 31.5. The van der Waals surface area contributed by atoms with Crippen LogP contribution in [-0.4, -0.2) is 0 Å². The molecule has 0 fully saturated rings. The fraction of sp³-hybridized carbons (Fsp3) is 0. The average molecular weight is 726 g/mol. The predicted octanol–water partition coefficient (Wildman–Crippen LogP) is 15.8. The molecule has 0 aliphatic carbocycles. The van der Waals surface area contributed by atoms with Gasteiger partial charge < -0.3 is 4.90 Å². The van der Waals surface area contributed by atoms with Crippen molar-refractivity contribution in [2.24, 2.45) is 0 Å². The normalized spacial score (nSPS) is 11.2. The highest BCUT2D eigenvalue weighted by molar-refractivity contribution is 5.96. The van der Waals surface area contributed by atoms with Gasteiger partial charge in [-0.05, 0) is 114 Å². The van der Waals surface area contributed by atoms with E-state index in [0.29, 0.717) is 0 Å². The lowest BCUT2D eigenvalue weighted by Crippen LogP contribution is -2.11. The van der Waals surface area contributed by atoms with Crippen LogP contribution in [0.1, 0.15) is 0 Å². The van der Waals surface area contributed by atoms with Gasteiger partial charge in [-0.3, -0.25) is 0 Å². The highest BCUT2D eigenvalue weighted by Gasteiger charge is 2.20. The standard InChI is InChI=1S/C56H39N/c1-3-11-40(12-4-1)44-19-21-45(22-20-44)47-29-34-54(35-30-47)57(53-32-27-46(28-33-53)41-13-5-2-6-14-41)56-39-51(50-25-23-42-15-7-9-17-48(42)37-50)31-36-55(56)52-26-24-43-16-8-10-18-49(43)38-52/h1-39H. The molecule has 1 heteroatoms. The van der Waals surface area contributed by atoms with Gasteiger partial charge in [0.05, 0.1) is 5.69 Å². The Morgan fingerprint density at radius 2 is 0.544 bits per heavy atom. The second-order valence-corrected chi connectivity index (χ2v) is 14.6. The number of fused-ring (bicyclic) bond motifs is 2. The summed E-state index contributed by atoms with van der Waals surface area (Å²) in [4.78, 5) is 2.42. The molecule has 0 unspecified atom stereocenters. The highest BCUT2D eigenvalue weighted by atomic mass is 15.1. The first kappa shape index (κ1) is 34.0. The molecular formula is C56H39N. The molecule has 0 bridgehead atoms. The van der Waals surface area contributed by atoms with Gasteiger partial charge >= 0.3 is 0 Å². The molecule has 0 amide bonds. The fourth-order valence-corrected chi connectivity index (χ4v) is 8.02. The molecule has 268 valence electrons. The third-order valence-corrected chi connectivity index (χ3v) is 11.1. The summed E-state index contributed by atoms with van der Waals surface area (Å²) in [6, 6.07) is 85.8. The van der Waals surface area contributed by atoms with E-state index in [-0.39, 0.29) is 0 Å². The first-order valence-electron chi connectivity index (χ1n) is 19.6. The smallest absolute Gasteiger partial charge is 0.0546 e. The van der Waals surface area contributed by atoms with Crippen molar-refractivity contribution in [3.05, 3.63) is 237 Å². The third-order valence-electron chi connectivity index (χ3n) is 11.1. The van der Waals surface area contributed by atoms with Crippen LogP contribution in [0.2, 0.25) is 0 Å². The topological polar surface area (TPSA) is 3.24 Å². The number of hydrogen-bond acceptors (Lipinski definition) is 1. The molecule has 10 rings (SSSR count). The molecule has 0 radical (unpaired) electrons. The molecule has 0 N–H and O–H groups in total. The monoisotopic (exact) mass is 725 g/mol. The van der Waals surface area contributed by atoms with Crippen molar-refractivity contribution in [3.8, 4) is 55.6 Å². The maximum absolute atomic E-state index is 2.42. The van der Waals surface area contributed by atoms with E-state index in [0.717, 1.165) is 22.6 Å². The highest BCUT2D eigenvalue weighted by Crippen LogP contribution is 2.44. The minimum atomic E-state index is 1.09. The molecule has 0 atom stereocenters. The summed E-state index contributed by atoms with van der Waals surface area (Å²) in [6.45, 7) is 0. The molecule has 1 nitrogen and oxygen atoms in total. The Kier molecular flexibility index (Phi) is 8.95. The van der Waals surface area contributed by atoms with Crippen molar-refractivity contribution in [1.29, 1.82) is 0 Å². The van der Waals surface area contributed by atoms with E-state index in [9.17, 15) is 0 Å². The van der Waals surface area contributed by atoms with E-state index in [4.69, 9.17) is 0 Å². The Morgan fingerprint density at radius 3 is 1.04 bits per heavy atom. The van der Waals surface area contributed by atoms with Gasteiger partial charge in [0.2, 0.25) is 0 Å². The molecule has 57 heavy (non-hydrogen) atoms. The molecule has 10 aromatic carbocycles. The number of benzene rings is 10. The first-order chi connectivity index (χ1) is 28.2. The van der Waals surface area contributed by atoms with Crippen molar-refractivity contribution in [2.45, 2.75) is 0 Å². The van der Waals surface area contributed by atoms with Gasteiger partial charge in [-0.2, -0.15) is 0 Å². The summed E-state index contributed by atoms with van der Waals surface area (Å²) in [6.07, 6.45) is 0. The van der Waals surface area contributed by atoms with E-state index >= 15 is 0 Å². The van der Waals surface area contributed by atoms with Crippen LogP contribution in [0.15, 0.2) is 237 Å². The van der Waals surface area contributed by atoms with Crippen LogP contribution in [0.3, 0.4) is 0 Å². The van der Waals surface area contributed by atoms with Crippen LogP contribution in [-0.2, 0) is 0 Å². The quantitative estimate of drug-likeness (QED) is 0.151. The summed E-state index contributed by atoms with van der Waals surface area (Å²) < 4.78 is 0. The summed E-state index contributed by atoms with van der Waals surface area (Å²) in [5.74, 6) is 0. The zero-order valence-electron chi connectivity index (χ0n) is 31.5. The second kappa shape index (κ2) is 15.0. The number of rotatable bonds is 8. The Hall–Kier alpha value is -7.48. The van der Waals surface area contributed by atoms with Crippen LogP contribution < -0.4 is 4.90 Å². The maximum Gasteiger partial charge on any atom is 0.0546 e. The molecule has 0 spiro atoms. The van der Waals surface area contributed by atoms with Gasteiger partial charge in [0, 0.05) is 16.9 Å². The first-order valence-corrected chi connectivity index (χ1v) is 19.6. The SMILES string of the molecule is c1ccc(-c2ccc(-c3ccc(N(c4ccc(-c5ccccc5)cc4)c4cc(-c5ccc6ccccc6c5)ccc4-c4ccc5ccccc5c4)cc3)cc2)cc1. The van der Waals surface area contributed by atoms with Crippen molar-refractivity contribution in [2.75, 3.05) is 4.90 Å². The van der Waals surface area contributed by atoms with Crippen molar-refractivity contribution in [1.82, 2.24) is 0 Å². The molecule has 0 aromatic heterocycles. The van der Waals surface area contributed by atoms with Crippen LogP contribution in [0, 0.1) is 0 Å². The van der Waals surface area contributed by atoms with E-state index in [1.165, 1.54) is 71.6 Å². The Balaban J connectivity index is 1.13. The number of anilines is 3. The van der Waals surface area contributed by atoms with Crippen molar-refractivity contribution in [3.63, 3.8) is 0 Å². The molecule has 0 aliphatic rings. The van der Waals surface area contributed by atoms with Gasteiger partial charge in [-0.25, -0.2) is 0 Å². The Bertz CT molecular complexity index is 2970. The van der Waals surface area contributed by atoms with Gasteiger partial charge in [0.1, 0.15) is 0 Å². The molecule has 0 aliphatic heterocycles. The minimum absolute atomic E-state index is 1.09. The molecule has 0 saturated heterocycles. The van der Waals surface area contributed by atoms with E-state index in [1.807, 2.05) is 0 Å². The average Bonchev–Trinajstić information content (AvgIpc) is 3.30.